The van der Waals surface area contributed by atoms with E-state index < -0.39 is 45.0 Å². The Bertz CT molecular complexity index is 893. The number of rotatable bonds is 5. The summed E-state index contributed by atoms with van der Waals surface area (Å²) >= 11 is 5.68. The summed E-state index contributed by atoms with van der Waals surface area (Å²) in [5.74, 6) is -4.29. The zero-order valence-electron chi connectivity index (χ0n) is 12.6. The zero-order chi connectivity index (χ0) is 18.1. The fraction of sp³-hybridized carbons (Fsp3) is 0.214. The van der Waals surface area contributed by atoms with Gasteiger partial charge in [0.1, 0.15) is 0 Å². The lowest BCUT2D eigenvalue weighted by atomic mass is 10.1. The second-order valence-corrected chi connectivity index (χ2v) is 7.06. The molecule has 0 aliphatic heterocycles. The van der Waals surface area contributed by atoms with Gasteiger partial charge in [-0.05, 0) is 19.1 Å². The number of halogens is 2. The van der Waals surface area contributed by atoms with Crippen LogP contribution in [0.4, 0.5) is 10.3 Å². The molecule has 2 N–H and O–H groups in total. The summed E-state index contributed by atoms with van der Waals surface area (Å²) < 4.78 is 49.5. The maximum absolute atomic E-state index is 14.1. The molecular formula is C14H13ClFNO6S. The summed E-state index contributed by atoms with van der Waals surface area (Å²) in [5.41, 5.74) is -0.227. The molecule has 0 saturated heterocycles. The third-order valence-corrected chi connectivity index (χ3v) is 4.46. The van der Waals surface area contributed by atoms with Gasteiger partial charge in [0.05, 0.1) is 16.3 Å². The van der Waals surface area contributed by atoms with Gasteiger partial charge in [0.2, 0.25) is 21.5 Å². The number of nitrogens with one attached hydrogen (secondary N) is 1. The molecule has 10 heteroatoms. The van der Waals surface area contributed by atoms with Crippen molar-refractivity contribution in [2.24, 2.45) is 0 Å². The van der Waals surface area contributed by atoms with Gasteiger partial charge in [0.25, 0.3) is 5.88 Å². The molecule has 2 aromatic rings. The molecule has 1 heterocycles. The second kappa shape index (κ2) is 6.70. The second-order valence-electron chi connectivity index (χ2n) is 4.64. The van der Waals surface area contributed by atoms with Crippen LogP contribution in [-0.2, 0) is 14.8 Å². The number of anilines is 1. The van der Waals surface area contributed by atoms with Crippen LogP contribution in [0.3, 0.4) is 0 Å². The number of ether oxygens (including phenoxy) is 1. The molecule has 24 heavy (non-hydrogen) atoms. The highest BCUT2D eigenvalue weighted by atomic mass is 35.5. The van der Waals surface area contributed by atoms with Crippen molar-refractivity contribution in [1.82, 2.24) is 0 Å². The molecule has 0 fully saturated rings. The molecule has 0 atom stereocenters. The topological polar surface area (TPSA) is 106 Å². The first kappa shape index (κ1) is 18.1. The van der Waals surface area contributed by atoms with Gasteiger partial charge in [-0.3, -0.25) is 4.79 Å². The van der Waals surface area contributed by atoms with Gasteiger partial charge < -0.3 is 14.3 Å². The molecule has 0 unspecified atom stereocenters. The van der Waals surface area contributed by atoms with Gasteiger partial charge >= 0.3 is 5.97 Å². The van der Waals surface area contributed by atoms with Crippen LogP contribution >= 0.6 is 11.6 Å². The lowest BCUT2D eigenvalue weighted by Crippen LogP contribution is -2.15. The van der Waals surface area contributed by atoms with Crippen molar-refractivity contribution in [1.29, 1.82) is 0 Å². The van der Waals surface area contributed by atoms with E-state index in [0.717, 1.165) is 6.92 Å². The molecule has 0 aliphatic carbocycles. The van der Waals surface area contributed by atoms with Crippen molar-refractivity contribution < 1.29 is 31.9 Å². The molecule has 0 amide bonds. The van der Waals surface area contributed by atoms with Crippen molar-refractivity contribution in [3.05, 3.63) is 29.0 Å². The summed E-state index contributed by atoms with van der Waals surface area (Å²) in [5, 5.41) is 9.95. The number of aromatic hydroxyl groups is 1. The Morgan fingerprint density at radius 1 is 1.46 bits per heavy atom. The van der Waals surface area contributed by atoms with E-state index in [9.17, 15) is 22.7 Å². The SMILES string of the molecule is CCS(=O)(=O)Nc1oc(-c2cccc(Cl)c2F)c(O)c1OC(C)=O. The van der Waals surface area contributed by atoms with Crippen molar-refractivity contribution in [2.45, 2.75) is 13.8 Å². The van der Waals surface area contributed by atoms with Crippen molar-refractivity contribution in [3.63, 3.8) is 0 Å². The molecule has 0 spiro atoms. The number of carbonyl (C=O) groups excluding carboxylic acids is 1. The van der Waals surface area contributed by atoms with Crippen LogP contribution in [0.25, 0.3) is 11.3 Å². The van der Waals surface area contributed by atoms with Crippen LogP contribution in [-0.4, -0.2) is 25.2 Å². The van der Waals surface area contributed by atoms with Crippen molar-refractivity contribution in [3.8, 4) is 22.8 Å². The first-order chi connectivity index (χ1) is 11.2. The Kier molecular flexibility index (Phi) is 5.05. The molecule has 130 valence electrons. The molecule has 2 rings (SSSR count). The maximum atomic E-state index is 14.1. The molecule has 0 saturated carbocycles. The smallest absolute Gasteiger partial charge is 0.308 e. The number of benzene rings is 1. The van der Waals surface area contributed by atoms with E-state index in [1.165, 1.54) is 25.1 Å². The Morgan fingerprint density at radius 3 is 2.71 bits per heavy atom. The summed E-state index contributed by atoms with van der Waals surface area (Å²) in [6.07, 6.45) is 0. The number of sulfonamides is 1. The van der Waals surface area contributed by atoms with Gasteiger partial charge in [0, 0.05) is 6.92 Å². The molecule has 7 nitrogen and oxygen atoms in total. The fourth-order valence-corrected chi connectivity index (χ4v) is 2.52. The lowest BCUT2D eigenvalue weighted by Gasteiger charge is -2.04. The third kappa shape index (κ3) is 3.62. The molecular weight excluding hydrogens is 365 g/mol. The van der Waals surface area contributed by atoms with Crippen LogP contribution < -0.4 is 9.46 Å². The van der Waals surface area contributed by atoms with E-state index >= 15 is 0 Å². The zero-order valence-corrected chi connectivity index (χ0v) is 14.2. The van der Waals surface area contributed by atoms with E-state index in [4.69, 9.17) is 20.8 Å². The molecule has 0 radical (unpaired) electrons. The van der Waals surface area contributed by atoms with Crippen molar-refractivity contribution >= 4 is 33.5 Å². The highest BCUT2D eigenvalue weighted by Gasteiger charge is 2.28. The Morgan fingerprint density at radius 2 is 2.12 bits per heavy atom. The van der Waals surface area contributed by atoms with E-state index in [1.54, 1.807) is 0 Å². The molecule has 1 aromatic heterocycles. The number of esters is 1. The monoisotopic (exact) mass is 377 g/mol. The summed E-state index contributed by atoms with van der Waals surface area (Å²) in [7, 11) is -3.80. The highest BCUT2D eigenvalue weighted by Crippen LogP contribution is 2.47. The van der Waals surface area contributed by atoms with E-state index in [2.05, 4.69) is 0 Å². The summed E-state index contributed by atoms with van der Waals surface area (Å²) in [6, 6.07) is 3.95. The fourth-order valence-electron chi connectivity index (χ4n) is 1.79. The average Bonchev–Trinajstić information content (AvgIpc) is 2.78. The quantitative estimate of drug-likeness (QED) is 0.775. The maximum Gasteiger partial charge on any atom is 0.308 e. The normalized spacial score (nSPS) is 11.3. The minimum Gasteiger partial charge on any atom is -0.502 e. The van der Waals surface area contributed by atoms with Crippen LogP contribution in [0.5, 0.6) is 11.5 Å². The Hall–Kier alpha value is -2.26. The number of carbonyl (C=O) groups is 1. The van der Waals surface area contributed by atoms with Gasteiger partial charge in [-0.25, -0.2) is 17.5 Å². The van der Waals surface area contributed by atoms with Gasteiger partial charge in [-0.15, -0.1) is 0 Å². The third-order valence-electron chi connectivity index (χ3n) is 2.91. The Labute approximate surface area is 142 Å². The molecule has 0 aliphatic rings. The van der Waals surface area contributed by atoms with Gasteiger partial charge in [-0.2, -0.15) is 0 Å². The van der Waals surface area contributed by atoms with E-state index in [1.807, 2.05) is 4.72 Å². The van der Waals surface area contributed by atoms with Gasteiger partial charge in [0.15, 0.2) is 11.6 Å². The Balaban J connectivity index is 2.64. The molecule has 1 aromatic carbocycles. The first-order valence-corrected chi connectivity index (χ1v) is 8.68. The van der Waals surface area contributed by atoms with Crippen LogP contribution in [0.1, 0.15) is 13.8 Å². The number of furan rings is 1. The van der Waals surface area contributed by atoms with Crippen LogP contribution in [0.15, 0.2) is 22.6 Å². The minimum absolute atomic E-state index is 0.227. The lowest BCUT2D eigenvalue weighted by molar-refractivity contribution is -0.131. The minimum atomic E-state index is -3.80. The standard InChI is InChI=1S/C14H13ClFNO6S/c1-3-24(20,21)17-14-13(22-7(2)18)11(19)12(23-14)8-5-4-6-9(15)10(8)16/h4-6,17,19H,3H2,1-2H3. The van der Waals surface area contributed by atoms with Crippen LogP contribution in [0, 0.1) is 5.82 Å². The predicted octanol–water partition coefficient (Wildman–Crippen LogP) is 3.13. The number of hydrogen-bond acceptors (Lipinski definition) is 6. The average molecular weight is 378 g/mol. The first-order valence-electron chi connectivity index (χ1n) is 6.65. The van der Waals surface area contributed by atoms with Crippen molar-refractivity contribution in [2.75, 3.05) is 10.5 Å². The van der Waals surface area contributed by atoms with Gasteiger partial charge in [-0.1, -0.05) is 17.7 Å². The van der Waals surface area contributed by atoms with E-state index in [0.29, 0.717) is 0 Å². The largest absolute Gasteiger partial charge is 0.502 e. The summed E-state index contributed by atoms with van der Waals surface area (Å²) in [4.78, 5) is 11.2. The molecule has 0 bridgehead atoms. The van der Waals surface area contributed by atoms with Crippen LogP contribution in [0.2, 0.25) is 5.02 Å². The highest BCUT2D eigenvalue weighted by molar-refractivity contribution is 7.92. The number of hydrogen-bond donors (Lipinski definition) is 2. The summed E-state index contributed by atoms with van der Waals surface area (Å²) in [6.45, 7) is 2.42. The van der Waals surface area contributed by atoms with E-state index in [-0.39, 0.29) is 16.3 Å². The predicted molar refractivity (Wildman–Crippen MR) is 85.2 cm³/mol.